The van der Waals surface area contributed by atoms with E-state index in [-0.39, 0.29) is 16.5 Å². The number of rotatable bonds is 2. The standard InChI is InChI=1S/C10H8NO6S2/c11-7-2-1-6-3-8(18(12,13)14)5-10(9(6)4-7)19(15,16)17/h1-5,11H,(H,12,13,14)(H,15,16,17). The molecule has 101 valence electrons. The maximum atomic E-state index is 11.3. The predicted molar refractivity (Wildman–Crippen MR) is 66.3 cm³/mol. The van der Waals surface area contributed by atoms with Crippen LogP contribution in [0.1, 0.15) is 0 Å². The number of fused-ring (bicyclic) bond motifs is 1. The van der Waals surface area contributed by atoms with Gasteiger partial charge in [0.15, 0.2) is 0 Å². The van der Waals surface area contributed by atoms with Crippen LogP contribution in [0.15, 0.2) is 40.1 Å². The fourth-order valence-electron chi connectivity index (χ4n) is 1.66. The van der Waals surface area contributed by atoms with Gasteiger partial charge in [-0.2, -0.15) is 16.8 Å². The molecular formula is C10H8NO6S2. The van der Waals surface area contributed by atoms with Gasteiger partial charge in [-0.1, -0.05) is 6.07 Å². The van der Waals surface area contributed by atoms with Gasteiger partial charge >= 0.3 is 0 Å². The molecule has 0 unspecified atom stereocenters. The normalized spacial score (nSPS) is 12.7. The third kappa shape index (κ3) is 2.68. The molecule has 3 N–H and O–H groups in total. The highest BCUT2D eigenvalue weighted by atomic mass is 32.2. The van der Waals surface area contributed by atoms with Gasteiger partial charge in [0.25, 0.3) is 20.2 Å². The van der Waals surface area contributed by atoms with Gasteiger partial charge in [0, 0.05) is 5.39 Å². The maximum Gasteiger partial charge on any atom is 0.295 e. The number of hydrogen-bond acceptors (Lipinski definition) is 4. The summed E-state index contributed by atoms with van der Waals surface area (Å²) in [5, 5.41) is 0.168. The highest BCUT2D eigenvalue weighted by molar-refractivity contribution is 7.86. The van der Waals surface area contributed by atoms with Crippen molar-refractivity contribution in [3.8, 4) is 0 Å². The Kier molecular flexibility index (Phi) is 3.01. The fourth-order valence-corrected chi connectivity index (χ4v) is 3.01. The van der Waals surface area contributed by atoms with Gasteiger partial charge in [-0.15, -0.1) is 0 Å². The van der Waals surface area contributed by atoms with Crippen LogP contribution in [0, 0.1) is 0 Å². The zero-order valence-corrected chi connectivity index (χ0v) is 10.9. The third-order valence-corrected chi connectivity index (χ3v) is 4.19. The quantitative estimate of drug-likeness (QED) is 0.802. The Morgan fingerprint density at radius 1 is 0.895 bits per heavy atom. The molecule has 7 nitrogen and oxygen atoms in total. The van der Waals surface area contributed by atoms with Gasteiger partial charge in [-0.25, -0.2) is 0 Å². The van der Waals surface area contributed by atoms with Gasteiger partial charge in [0.2, 0.25) is 0 Å². The van der Waals surface area contributed by atoms with Crippen molar-refractivity contribution in [3.63, 3.8) is 0 Å². The van der Waals surface area contributed by atoms with E-state index < -0.39 is 30.0 Å². The van der Waals surface area contributed by atoms with Crippen molar-refractivity contribution in [2.24, 2.45) is 0 Å². The molecule has 0 aromatic heterocycles. The SMILES string of the molecule is [NH]c1ccc2cc(S(=O)(=O)O)cc(S(=O)(=O)O)c2c1. The van der Waals surface area contributed by atoms with Crippen molar-refractivity contribution < 1.29 is 25.9 Å². The Labute approximate surface area is 109 Å². The number of hydrogen-bond donors (Lipinski definition) is 2. The second-order valence-electron chi connectivity index (χ2n) is 3.81. The van der Waals surface area contributed by atoms with E-state index >= 15 is 0 Å². The van der Waals surface area contributed by atoms with E-state index in [0.717, 1.165) is 6.07 Å². The predicted octanol–water partition coefficient (Wildman–Crippen LogP) is 1.25. The van der Waals surface area contributed by atoms with E-state index in [4.69, 9.17) is 14.8 Å². The lowest BCUT2D eigenvalue weighted by atomic mass is 10.1. The molecule has 0 bridgehead atoms. The van der Waals surface area contributed by atoms with Crippen molar-refractivity contribution in [3.05, 3.63) is 30.3 Å². The summed E-state index contributed by atoms with van der Waals surface area (Å²) < 4.78 is 62.7. The topological polar surface area (TPSA) is 133 Å². The molecule has 0 aliphatic rings. The molecule has 0 amide bonds. The van der Waals surface area contributed by atoms with Crippen molar-refractivity contribution in [2.75, 3.05) is 0 Å². The first-order valence-electron chi connectivity index (χ1n) is 4.83. The molecule has 0 aliphatic heterocycles. The molecule has 2 aromatic carbocycles. The van der Waals surface area contributed by atoms with Crippen molar-refractivity contribution in [1.29, 1.82) is 0 Å². The lowest BCUT2D eigenvalue weighted by Crippen LogP contribution is -2.04. The Morgan fingerprint density at radius 3 is 2.05 bits per heavy atom. The second-order valence-corrected chi connectivity index (χ2v) is 6.62. The Balaban J connectivity index is 3.01. The Morgan fingerprint density at radius 2 is 1.53 bits per heavy atom. The average Bonchev–Trinajstić information content (AvgIpc) is 2.24. The number of nitrogens with one attached hydrogen (secondary N) is 1. The average molecular weight is 302 g/mol. The van der Waals surface area contributed by atoms with E-state index in [0.29, 0.717) is 6.07 Å². The molecule has 2 aromatic rings. The van der Waals surface area contributed by atoms with Gasteiger partial charge < -0.3 is 5.73 Å². The van der Waals surface area contributed by atoms with E-state index in [1.807, 2.05) is 0 Å². The smallest absolute Gasteiger partial charge is 0.295 e. The van der Waals surface area contributed by atoms with Gasteiger partial charge in [-0.05, 0) is 29.7 Å². The summed E-state index contributed by atoms with van der Waals surface area (Å²) in [6, 6.07) is 5.52. The van der Waals surface area contributed by atoms with E-state index in [9.17, 15) is 16.8 Å². The molecule has 1 radical (unpaired) electrons. The van der Waals surface area contributed by atoms with Crippen LogP contribution in [0.4, 0.5) is 5.69 Å². The van der Waals surface area contributed by atoms with Gasteiger partial charge in [-0.3, -0.25) is 9.11 Å². The third-order valence-electron chi connectivity index (χ3n) is 2.47. The first-order valence-corrected chi connectivity index (χ1v) is 7.71. The summed E-state index contributed by atoms with van der Waals surface area (Å²) in [5.74, 6) is 0. The van der Waals surface area contributed by atoms with Crippen LogP contribution < -0.4 is 5.73 Å². The lowest BCUT2D eigenvalue weighted by Gasteiger charge is -2.07. The van der Waals surface area contributed by atoms with E-state index in [1.54, 1.807) is 0 Å². The molecule has 0 saturated carbocycles. The summed E-state index contributed by atoms with van der Waals surface area (Å²) in [4.78, 5) is -1.32. The molecule has 0 aliphatic carbocycles. The zero-order chi connectivity index (χ0) is 14.4. The molecule has 0 heterocycles. The van der Waals surface area contributed by atoms with Crippen LogP contribution >= 0.6 is 0 Å². The minimum Gasteiger partial charge on any atom is -0.301 e. The van der Waals surface area contributed by atoms with Crippen LogP contribution in [0.3, 0.4) is 0 Å². The molecule has 0 fully saturated rings. The lowest BCUT2D eigenvalue weighted by molar-refractivity contribution is 0.482. The number of benzene rings is 2. The summed E-state index contributed by atoms with van der Waals surface area (Å²) in [7, 11) is -9.30. The largest absolute Gasteiger partial charge is 0.301 e. The minimum absolute atomic E-state index is 0.00222. The molecule has 0 saturated heterocycles. The minimum atomic E-state index is -4.69. The van der Waals surface area contributed by atoms with Crippen LogP contribution in [0.5, 0.6) is 0 Å². The van der Waals surface area contributed by atoms with E-state index in [1.165, 1.54) is 18.2 Å². The Hall–Kier alpha value is -1.68. The summed E-state index contributed by atoms with van der Waals surface area (Å²) in [6.07, 6.45) is 0. The molecule has 19 heavy (non-hydrogen) atoms. The van der Waals surface area contributed by atoms with Crippen LogP contribution in [-0.4, -0.2) is 25.9 Å². The van der Waals surface area contributed by atoms with Gasteiger partial charge in [0.1, 0.15) is 4.90 Å². The first-order chi connectivity index (χ1) is 8.59. The first kappa shape index (κ1) is 13.7. The maximum absolute atomic E-state index is 11.3. The second kappa shape index (κ2) is 4.17. The van der Waals surface area contributed by atoms with Crippen LogP contribution in [0.25, 0.3) is 10.8 Å². The summed E-state index contributed by atoms with van der Waals surface area (Å²) in [5.41, 5.74) is 7.41. The highest BCUT2D eigenvalue weighted by Crippen LogP contribution is 2.29. The van der Waals surface area contributed by atoms with Crippen molar-refractivity contribution in [2.45, 2.75) is 9.79 Å². The zero-order valence-electron chi connectivity index (χ0n) is 9.23. The molecule has 0 atom stereocenters. The molecule has 0 spiro atoms. The van der Waals surface area contributed by atoms with Crippen LogP contribution in [-0.2, 0) is 20.2 Å². The molecule has 2 rings (SSSR count). The molecule has 9 heteroatoms. The summed E-state index contributed by atoms with van der Waals surface area (Å²) >= 11 is 0. The monoisotopic (exact) mass is 302 g/mol. The van der Waals surface area contributed by atoms with Gasteiger partial charge in [0.05, 0.1) is 10.6 Å². The van der Waals surface area contributed by atoms with Crippen molar-refractivity contribution in [1.82, 2.24) is 5.73 Å². The van der Waals surface area contributed by atoms with E-state index in [2.05, 4.69) is 0 Å². The Bertz CT molecular complexity index is 870. The summed E-state index contributed by atoms with van der Waals surface area (Å²) in [6.45, 7) is 0. The molecular weight excluding hydrogens is 294 g/mol. The highest BCUT2D eigenvalue weighted by Gasteiger charge is 2.20. The van der Waals surface area contributed by atoms with Crippen molar-refractivity contribution >= 4 is 36.7 Å². The van der Waals surface area contributed by atoms with Crippen LogP contribution in [0.2, 0.25) is 0 Å². The fraction of sp³-hybridized carbons (Fsp3) is 0.